The van der Waals surface area contributed by atoms with Crippen molar-refractivity contribution in [1.29, 1.82) is 0 Å². The third-order valence-electron chi connectivity index (χ3n) is 5.14. The van der Waals surface area contributed by atoms with E-state index < -0.39 is 21.8 Å². The Morgan fingerprint density at radius 2 is 1.76 bits per heavy atom. The van der Waals surface area contributed by atoms with Gasteiger partial charge in [0.2, 0.25) is 10.0 Å². The molecule has 1 heterocycles. The van der Waals surface area contributed by atoms with Gasteiger partial charge in [0.25, 0.3) is 0 Å². The van der Waals surface area contributed by atoms with Crippen LogP contribution in [-0.2, 0) is 19.6 Å². The van der Waals surface area contributed by atoms with Crippen LogP contribution >= 0.6 is 0 Å². The summed E-state index contributed by atoms with van der Waals surface area (Å²) in [5, 5.41) is 5.14. The van der Waals surface area contributed by atoms with Crippen molar-refractivity contribution in [2.45, 2.75) is 37.6 Å². The molecule has 2 N–H and O–H groups in total. The zero-order valence-electron chi connectivity index (χ0n) is 16.5. The van der Waals surface area contributed by atoms with Gasteiger partial charge in [0.1, 0.15) is 0 Å². The normalized spacial score (nSPS) is 17.1. The lowest BCUT2D eigenvalue weighted by Crippen LogP contribution is -2.45. The largest absolute Gasteiger partial charge is 0.346 e. The minimum absolute atomic E-state index is 0.0885. The van der Waals surface area contributed by atoms with Gasteiger partial charge in [-0.2, -0.15) is 4.31 Å². The zero-order valence-corrected chi connectivity index (χ0v) is 17.3. The molecule has 1 aliphatic rings. The molecule has 2 aromatic rings. The minimum Gasteiger partial charge on any atom is -0.346 e. The average molecular weight is 416 g/mol. The van der Waals surface area contributed by atoms with Gasteiger partial charge in [-0.15, -0.1) is 0 Å². The van der Waals surface area contributed by atoms with Crippen LogP contribution in [0.5, 0.6) is 0 Å². The van der Waals surface area contributed by atoms with Crippen molar-refractivity contribution in [3.63, 3.8) is 0 Å². The van der Waals surface area contributed by atoms with Gasteiger partial charge in [0.05, 0.1) is 4.90 Å². The highest BCUT2D eigenvalue weighted by Gasteiger charge is 2.35. The van der Waals surface area contributed by atoms with E-state index in [9.17, 15) is 18.0 Å². The lowest BCUT2D eigenvalue weighted by Gasteiger charge is -2.24. The Morgan fingerprint density at radius 1 is 1.03 bits per heavy atom. The fourth-order valence-corrected chi connectivity index (χ4v) is 5.07. The molecular formula is C21H25N3O4S. The molecule has 1 aliphatic heterocycles. The Hall–Kier alpha value is -2.71. The van der Waals surface area contributed by atoms with Crippen molar-refractivity contribution in [3.05, 3.63) is 59.7 Å². The van der Waals surface area contributed by atoms with Crippen LogP contribution in [0, 0.1) is 13.8 Å². The number of hydrogen-bond donors (Lipinski definition) is 2. The highest BCUT2D eigenvalue weighted by atomic mass is 32.2. The number of nitrogens with one attached hydrogen (secondary N) is 2. The van der Waals surface area contributed by atoms with Crippen LogP contribution in [0.3, 0.4) is 0 Å². The van der Waals surface area contributed by atoms with E-state index in [2.05, 4.69) is 10.6 Å². The predicted molar refractivity (Wildman–Crippen MR) is 111 cm³/mol. The highest BCUT2D eigenvalue weighted by molar-refractivity contribution is 7.89. The SMILES string of the molecule is Cc1ccc(NC(=O)C(=O)NC[C@H]2CCCN2S(=O)(=O)c2ccccc2)cc1C. The first-order chi connectivity index (χ1) is 13.8. The molecule has 2 amide bonds. The van der Waals surface area contributed by atoms with E-state index in [1.54, 1.807) is 42.5 Å². The molecular weight excluding hydrogens is 390 g/mol. The number of carbonyl (C=O) groups excluding carboxylic acids is 2. The van der Waals surface area contributed by atoms with Gasteiger partial charge < -0.3 is 10.6 Å². The maximum absolute atomic E-state index is 12.9. The lowest BCUT2D eigenvalue weighted by molar-refractivity contribution is -0.136. The van der Waals surface area contributed by atoms with Crippen molar-refractivity contribution in [1.82, 2.24) is 9.62 Å². The van der Waals surface area contributed by atoms with Crippen molar-refractivity contribution in [3.8, 4) is 0 Å². The Balaban J connectivity index is 1.60. The molecule has 29 heavy (non-hydrogen) atoms. The smallest absolute Gasteiger partial charge is 0.313 e. The molecule has 1 fully saturated rings. The van der Waals surface area contributed by atoms with Crippen LogP contribution in [0.2, 0.25) is 0 Å². The summed E-state index contributed by atoms with van der Waals surface area (Å²) in [5.74, 6) is -1.56. The minimum atomic E-state index is -3.63. The van der Waals surface area contributed by atoms with E-state index in [1.807, 2.05) is 19.9 Å². The van der Waals surface area contributed by atoms with Crippen molar-refractivity contribution in [2.75, 3.05) is 18.4 Å². The summed E-state index contributed by atoms with van der Waals surface area (Å²) >= 11 is 0. The van der Waals surface area contributed by atoms with Gasteiger partial charge >= 0.3 is 11.8 Å². The number of aryl methyl sites for hydroxylation is 2. The van der Waals surface area contributed by atoms with Crippen molar-refractivity contribution >= 4 is 27.5 Å². The molecule has 0 radical (unpaired) electrons. The topological polar surface area (TPSA) is 95.6 Å². The number of amides is 2. The third kappa shape index (κ3) is 4.83. The van der Waals surface area contributed by atoms with Crippen LogP contribution in [0.4, 0.5) is 5.69 Å². The van der Waals surface area contributed by atoms with Gasteiger partial charge in [-0.3, -0.25) is 9.59 Å². The summed E-state index contributed by atoms with van der Waals surface area (Å²) in [6.45, 7) is 4.37. The molecule has 0 spiro atoms. The number of rotatable bonds is 5. The molecule has 0 bridgehead atoms. The Bertz CT molecular complexity index is 1010. The molecule has 0 aromatic heterocycles. The lowest BCUT2D eigenvalue weighted by atomic mass is 10.1. The second-order valence-corrected chi connectivity index (χ2v) is 9.08. The Morgan fingerprint density at radius 3 is 2.45 bits per heavy atom. The zero-order chi connectivity index (χ0) is 21.0. The van der Waals surface area contributed by atoms with E-state index in [-0.39, 0.29) is 17.5 Å². The standard InChI is InChI=1S/C21H25N3O4S/c1-15-10-11-17(13-16(15)2)23-21(26)20(25)22-14-18-7-6-12-24(18)29(27,28)19-8-4-3-5-9-19/h3-5,8-11,13,18H,6-7,12,14H2,1-2H3,(H,22,25)(H,23,26)/t18-/m1/s1. The van der Waals surface area contributed by atoms with Gasteiger partial charge in [0, 0.05) is 24.8 Å². The first-order valence-electron chi connectivity index (χ1n) is 9.52. The fourth-order valence-electron chi connectivity index (χ4n) is 3.36. The van der Waals surface area contributed by atoms with Gasteiger partial charge in [0.15, 0.2) is 0 Å². The Kier molecular flexibility index (Phi) is 6.34. The summed E-state index contributed by atoms with van der Waals surface area (Å²) < 4.78 is 27.1. The van der Waals surface area contributed by atoms with Gasteiger partial charge in [-0.05, 0) is 62.1 Å². The van der Waals surface area contributed by atoms with Crippen LogP contribution < -0.4 is 10.6 Å². The van der Waals surface area contributed by atoms with E-state index >= 15 is 0 Å². The van der Waals surface area contributed by atoms with Crippen LogP contribution in [-0.4, -0.2) is 43.7 Å². The quantitative estimate of drug-likeness (QED) is 0.732. The molecule has 154 valence electrons. The summed E-state index contributed by atoms with van der Waals surface area (Å²) in [4.78, 5) is 24.6. The second-order valence-electron chi connectivity index (χ2n) is 7.19. The fraction of sp³-hybridized carbons (Fsp3) is 0.333. The molecule has 3 rings (SSSR count). The molecule has 7 nitrogen and oxygen atoms in total. The summed E-state index contributed by atoms with van der Waals surface area (Å²) in [6, 6.07) is 13.2. The predicted octanol–water partition coefficient (Wildman–Crippen LogP) is 2.21. The van der Waals surface area contributed by atoms with E-state index in [4.69, 9.17) is 0 Å². The van der Waals surface area contributed by atoms with E-state index in [0.717, 1.165) is 11.1 Å². The van der Waals surface area contributed by atoms with Crippen LogP contribution in [0.15, 0.2) is 53.4 Å². The number of nitrogens with zero attached hydrogens (tertiary/aromatic N) is 1. The molecule has 8 heteroatoms. The summed E-state index contributed by atoms with van der Waals surface area (Å²) in [5.41, 5.74) is 2.65. The van der Waals surface area contributed by atoms with Crippen molar-refractivity contribution < 1.29 is 18.0 Å². The molecule has 0 unspecified atom stereocenters. The third-order valence-corrected chi connectivity index (χ3v) is 7.11. The molecule has 0 saturated carbocycles. The molecule has 0 aliphatic carbocycles. The number of carbonyl (C=O) groups is 2. The first-order valence-corrected chi connectivity index (χ1v) is 11.0. The molecule has 2 aromatic carbocycles. The number of sulfonamides is 1. The number of hydrogen-bond acceptors (Lipinski definition) is 4. The monoisotopic (exact) mass is 415 g/mol. The van der Waals surface area contributed by atoms with Crippen molar-refractivity contribution in [2.24, 2.45) is 0 Å². The van der Waals surface area contributed by atoms with E-state index in [0.29, 0.717) is 25.1 Å². The second kappa shape index (κ2) is 8.75. The Labute approximate surface area is 171 Å². The van der Waals surface area contributed by atoms with Crippen LogP contribution in [0.1, 0.15) is 24.0 Å². The van der Waals surface area contributed by atoms with E-state index in [1.165, 1.54) is 4.31 Å². The first kappa shape index (κ1) is 21.0. The number of benzene rings is 2. The van der Waals surface area contributed by atoms with Gasteiger partial charge in [-0.25, -0.2) is 8.42 Å². The molecule has 1 saturated heterocycles. The van der Waals surface area contributed by atoms with Crippen LogP contribution in [0.25, 0.3) is 0 Å². The summed E-state index contributed by atoms with van der Waals surface area (Å²) in [6.07, 6.45) is 1.34. The average Bonchev–Trinajstić information content (AvgIpc) is 3.19. The summed E-state index contributed by atoms with van der Waals surface area (Å²) in [7, 11) is -3.63. The maximum Gasteiger partial charge on any atom is 0.313 e. The van der Waals surface area contributed by atoms with Gasteiger partial charge in [-0.1, -0.05) is 24.3 Å². The maximum atomic E-state index is 12.9. The highest BCUT2D eigenvalue weighted by Crippen LogP contribution is 2.25. The number of anilines is 1. The molecule has 1 atom stereocenters.